The molecular weight excluding hydrogens is 400 g/mol. The summed E-state index contributed by atoms with van der Waals surface area (Å²) in [7, 11) is -3.35. The summed E-state index contributed by atoms with van der Waals surface area (Å²) in [4.78, 5) is 13.3. The van der Waals surface area contributed by atoms with Crippen molar-refractivity contribution in [3.05, 3.63) is 66.5 Å². The molecule has 0 bridgehead atoms. The van der Waals surface area contributed by atoms with Gasteiger partial charge in [0.25, 0.3) is 0 Å². The van der Waals surface area contributed by atoms with Crippen LogP contribution in [-0.2, 0) is 9.84 Å². The fourth-order valence-electron chi connectivity index (χ4n) is 2.62. The van der Waals surface area contributed by atoms with Gasteiger partial charge in [-0.2, -0.15) is 5.10 Å². The SMILES string of the molecule is CC(C)S(=O)(=O)c1ccc(-c2cnc(N)c(/C(C=Nc3ccccc3)=N/N)n2)cc1. The third-order valence-electron chi connectivity index (χ3n) is 4.37. The van der Waals surface area contributed by atoms with Gasteiger partial charge in [-0.1, -0.05) is 30.3 Å². The van der Waals surface area contributed by atoms with E-state index >= 15 is 0 Å². The van der Waals surface area contributed by atoms with E-state index in [0.29, 0.717) is 11.3 Å². The molecule has 4 N–H and O–H groups in total. The van der Waals surface area contributed by atoms with Crippen molar-refractivity contribution in [3.63, 3.8) is 0 Å². The number of aliphatic imine (C=N–C) groups is 1. The van der Waals surface area contributed by atoms with Gasteiger partial charge in [0.2, 0.25) is 0 Å². The molecule has 0 aliphatic carbocycles. The number of hydrogen-bond donors (Lipinski definition) is 2. The number of nitrogens with two attached hydrogens (primary N) is 2. The molecule has 0 atom stereocenters. The standard InChI is InChI=1S/C21H22N6O2S/c1-14(2)30(28,29)17-10-8-15(9-11-17)18-12-25-21(22)20(26-18)19(27-23)13-24-16-6-4-3-5-7-16/h3-14H,23H2,1-2H3,(H2,22,25)/b24-13?,27-19+. The van der Waals surface area contributed by atoms with Crippen molar-refractivity contribution in [1.29, 1.82) is 0 Å². The zero-order valence-electron chi connectivity index (χ0n) is 16.6. The molecule has 0 saturated heterocycles. The van der Waals surface area contributed by atoms with Gasteiger partial charge in [0.15, 0.2) is 15.7 Å². The predicted molar refractivity (Wildman–Crippen MR) is 120 cm³/mol. The molecular formula is C21H22N6O2S. The van der Waals surface area contributed by atoms with E-state index in [1.54, 1.807) is 38.1 Å². The zero-order valence-corrected chi connectivity index (χ0v) is 17.4. The van der Waals surface area contributed by atoms with Crippen molar-refractivity contribution < 1.29 is 8.42 Å². The molecule has 3 aromatic rings. The van der Waals surface area contributed by atoms with Crippen LogP contribution in [0.1, 0.15) is 19.5 Å². The lowest BCUT2D eigenvalue weighted by Gasteiger charge is -2.09. The number of nitrogens with zero attached hydrogens (tertiary/aromatic N) is 4. The maximum absolute atomic E-state index is 12.3. The number of sulfone groups is 1. The average molecular weight is 423 g/mol. The Bertz CT molecular complexity index is 1190. The number of nitrogen functional groups attached to an aromatic ring is 1. The van der Waals surface area contributed by atoms with E-state index in [-0.39, 0.29) is 22.1 Å². The summed E-state index contributed by atoms with van der Waals surface area (Å²) in [6, 6.07) is 15.8. The normalized spacial score (nSPS) is 12.6. The van der Waals surface area contributed by atoms with Gasteiger partial charge >= 0.3 is 0 Å². The first-order valence-electron chi connectivity index (χ1n) is 9.17. The van der Waals surface area contributed by atoms with Crippen LogP contribution in [0.5, 0.6) is 0 Å². The first-order valence-corrected chi connectivity index (χ1v) is 10.7. The van der Waals surface area contributed by atoms with E-state index in [0.717, 1.165) is 5.69 Å². The van der Waals surface area contributed by atoms with Crippen molar-refractivity contribution in [2.24, 2.45) is 15.9 Å². The van der Waals surface area contributed by atoms with Crippen LogP contribution in [0.2, 0.25) is 0 Å². The Morgan fingerprint density at radius 3 is 2.33 bits per heavy atom. The van der Waals surface area contributed by atoms with Crippen molar-refractivity contribution >= 4 is 33.3 Å². The van der Waals surface area contributed by atoms with Gasteiger partial charge in [-0.3, -0.25) is 4.99 Å². The predicted octanol–water partition coefficient (Wildman–Crippen LogP) is 2.97. The van der Waals surface area contributed by atoms with Crippen LogP contribution in [0.15, 0.2) is 75.8 Å². The summed E-state index contributed by atoms with van der Waals surface area (Å²) in [5, 5.41) is 3.24. The number of para-hydroxylation sites is 1. The highest BCUT2D eigenvalue weighted by Crippen LogP contribution is 2.23. The summed E-state index contributed by atoms with van der Waals surface area (Å²) >= 11 is 0. The molecule has 30 heavy (non-hydrogen) atoms. The van der Waals surface area contributed by atoms with Crippen LogP contribution in [0, 0.1) is 0 Å². The lowest BCUT2D eigenvalue weighted by atomic mass is 10.1. The summed E-state index contributed by atoms with van der Waals surface area (Å²) < 4.78 is 24.6. The van der Waals surface area contributed by atoms with Gasteiger partial charge in [-0.25, -0.2) is 18.4 Å². The van der Waals surface area contributed by atoms with Gasteiger partial charge < -0.3 is 11.6 Å². The first kappa shape index (κ1) is 21.1. The van der Waals surface area contributed by atoms with Gasteiger partial charge in [0, 0.05) is 5.56 Å². The fourth-order valence-corrected chi connectivity index (χ4v) is 3.68. The highest BCUT2D eigenvalue weighted by Gasteiger charge is 2.19. The van der Waals surface area contributed by atoms with Crippen molar-refractivity contribution in [2.45, 2.75) is 24.0 Å². The highest BCUT2D eigenvalue weighted by molar-refractivity contribution is 7.92. The molecule has 2 aromatic carbocycles. The smallest absolute Gasteiger partial charge is 0.180 e. The minimum atomic E-state index is -3.35. The topological polar surface area (TPSA) is 137 Å². The van der Waals surface area contributed by atoms with Crippen LogP contribution < -0.4 is 11.6 Å². The molecule has 0 amide bonds. The molecule has 154 valence electrons. The maximum Gasteiger partial charge on any atom is 0.180 e. The Morgan fingerprint density at radius 2 is 1.73 bits per heavy atom. The number of hydrazone groups is 1. The van der Waals surface area contributed by atoms with Crippen LogP contribution in [0.3, 0.4) is 0 Å². The van der Waals surface area contributed by atoms with E-state index in [2.05, 4.69) is 20.1 Å². The highest BCUT2D eigenvalue weighted by atomic mass is 32.2. The number of rotatable bonds is 6. The molecule has 0 spiro atoms. The monoisotopic (exact) mass is 422 g/mol. The van der Waals surface area contributed by atoms with E-state index in [1.807, 2.05) is 30.3 Å². The first-order chi connectivity index (χ1) is 14.3. The Labute approximate surface area is 175 Å². The Morgan fingerprint density at radius 1 is 1.07 bits per heavy atom. The molecule has 0 aliphatic rings. The molecule has 0 aliphatic heterocycles. The lowest BCUT2D eigenvalue weighted by molar-refractivity contribution is 0.587. The van der Waals surface area contributed by atoms with Gasteiger partial charge in [0.1, 0.15) is 11.4 Å². The minimum Gasteiger partial charge on any atom is -0.382 e. The second-order valence-electron chi connectivity index (χ2n) is 6.72. The molecule has 0 fully saturated rings. The summed E-state index contributed by atoms with van der Waals surface area (Å²) in [6.07, 6.45) is 2.98. The molecule has 0 saturated carbocycles. The molecule has 1 heterocycles. The molecule has 8 nitrogen and oxygen atoms in total. The number of benzene rings is 2. The van der Waals surface area contributed by atoms with E-state index in [9.17, 15) is 8.42 Å². The number of hydrogen-bond acceptors (Lipinski definition) is 8. The fraction of sp³-hybridized carbons (Fsp3) is 0.143. The van der Waals surface area contributed by atoms with E-state index < -0.39 is 15.1 Å². The van der Waals surface area contributed by atoms with Crippen LogP contribution in [0.25, 0.3) is 11.3 Å². The quantitative estimate of drug-likeness (QED) is 0.356. The number of anilines is 1. The molecule has 1 aromatic heterocycles. The molecule has 0 radical (unpaired) electrons. The average Bonchev–Trinajstić information content (AvgIpc) is 2.76. The summed E-state index contributed by atoms with van der Waals surface area (Å²) in [5.74, 6) is 5.68. The largest absolute Gasteiger partial charge is 0.382 e. The van der Waals surface area contributed by atoms with Crippen molar-refractivity contribution in [1.82, 2.24) is 9.97 Å². The third-order valence-corrected chi connectivity index (χ3v) is 6.54. The van der Waals surface area contributed by atoms with Gasteiger partial charge in [-0.15, -0.1) is 0 Å². The number of aromatic nitrogens is 2. The Hall–Kier alpha value is -3.59. The molecule has 3 rings (SSSR count). The Balaban J connectivity index is 1.94. The van der Waals surface area contributed by atoms with Gasteiger partial charge in [-0.05, 0) is 38.1 Å². The van der Waals surface area contributed by atoms with E-state index in [4.69, 9.17) is 11.6 Å². The lowest BCUT2D eigenvalue weighted by Crippen LogP contribution is -2.14. The van der Waals surface area contributed by atoms with Crippen LogP contribution in [-0.4, -0.2) is 35.6 Å². The summed E-state index contributed by atoms with van der Waals surface area (Å²) in [6.45, 7) is 3.29. The van der Waals surface area contributed by atoms with Crippen molar-refractivity contribution in [2.75, 3.05) is 5.73 Å². The molecule has 9 heteroatoms. The maximum atomic E-state index is 12.3. The minimum absolute atomic E-state index is 0.154. The second-order valence-corrected chi connectivity index (χ2v) is 9.22. The summed E-state index contributed by atoms with van der Waals surface area (Å²) in [5.41, 5.74) is 8.44. The van der Waals surface area contributed by atoms with Crippen molar-refractivity contribution in [3.8, 4) is 11.3 Å². The van der Waals surface area contributed by atoms with Crippen LogP contribution >= 0.6 is 0 Å². The van der Waals surface area contributed by atoms with E-state index in [1.165, 1.54) is 12.4 Å². The van der Waals surface area contributed by atoms with Gasteiger partial charge in [0.05, 0.1) is 33.9 Å². The zero-order chi connectivity index (χ0) is 21.7. The molecule has 0 unspecified atom stereocenters. The third kappa shape index (κ3) is 4.52. The van der Waals surface area contributed by atoms with Crippen LogP contribution in [0.4, 0.5) is 11.5 Å². The Kier molecular flexibility index (Phi) is 6.22. The second kappa shape index (κ2) is 8.83.